The Balaban J connectivity index is 1.25. The Labute approximate surface area is 208 Å². The fraction of sp³-hybridized carbons (Fsp3) is 0.259. The number of hydrogen-bond acceptors (Lipinski definition) is 6. The first-order valence-corrected chi connectivity index (χ1v) is 12.6. The molecule has 0 bridgehead atoms. The van der Waals surface area contributed by atoms with E-state index in [2.05, 4.69) is 12.2 Å². The Kier molecular flexibility index (Phi) is 6.81. The van der Waals surface area contributed by atoms with Gasteiger partial charge in [0.1, 0.15) is 11.1 Å². The van der Waals surface area contributed by atoms with Gasteiger partial charge in [0.05, 0.1) is 12.4 Å². The topological polar surface area (TPSA) is 77.1 Å². The summed E-state index contributed by atoms with van der Waals surface area (Å²) in [7, 11) is 0. The standard InChI is InChI=1S/C27H26N2O5S/c1-2-3-14-32-22-11-6-18(7-12-22)26(31)28-20-8-4-19(5-9-20)27-29(25(30)16-35-27)21-10-13-23-24(15-21)34-17-33-23/h4-13,15,27H,2-3,14,16-17H2,1H3,(H,28,31). The second-order valence-corrected chi connectivity index (χ2v) is 9.34. The maximum Gasteiger partial charge on any atom is 0.255 e. The van der Waals surface area contributed by atoms with E-state index in [9.17, 15) is 9.59 Å². The molecule has 35 heavy (non-hydrogen) atoms. The summed E-state index contributed by atoms with van der Waals surface area (Å²) in [6.45, 7) is 2.98. The van der Waals surface area contributed by atoms with Crippen molar-refractivity contribution in [3.05, 3.63) is 77.9 Å². The third-order valence-corrected chi connectivity index (χ3v) is 7.05. The highest BCUT2D eigenvalue weighted by molar-refractivity contribution is 8.00. The van der Waals surface area contributed by atoms with Crippen molar-refractivity contribution in [2.45, 2.75) is 25.1 Å². The van der Waals surface area contributed by atoms with Crippen LogP contribution in [0.25, 0.3) is 0 Å². The van der Waals surface area contributed by atoms with Crippen molar-refractivity contribution in [2.75, 3.05) is 29.4 Å². The van der Waals surface area contributed by atoms with Gasteiger partial charge in [-0.25, -0.2) is 0 Å². The molecule has 0 aliphatic carbocycles. The highest BCUT2D eigenvalue weighted by Crippen LogP contribution is 2.44. The van der Waals surface area contributed by atoms with E-state index >= 15 is 0 Å². The largest absolute Gasteiger partial charge is 0.494 e. The van der Waals surface area contributed by atoms with Crippen LogP contribution >= 0.6 is 11.8 Å². The molecule has 3 aromatic rings. The lowest BCUT2D eigenvalue weighted by atomic mass is 10.1. The van der Waals surface area contributed by atoms with Gasteiger partial charge in [0.2, 0.25) is 12.7 Å². The average Bonchev–Trinajstić information content (AvgIpc) is 3.51. The lowest BCUT2D eigenvalue weighted by molar-refractivity contribution is -0.115. The maximum atomic E-state index is 12.7. The van der Waals surface area contributed by atoms with Gasteiger partial charge in [-0.3, -0.25) is 14.5 Å². The molecule has 0 radical (unpaired) electrons. The molecule has 1 N–H and O–H groups in total. The predicted octanol–water partition coefficient (Wildman–Crippen LogP) is 5.63. The highest BCUT2D eigenvalue weighted by atomic mass is 32.2. The molecule has 2 amide bonds. The van der Waals surface area contributed by atoms with E-state index in [1.807, 2.05) is 54.6 Å². The second-order valence-electron chi connectivity index (χ2n) is 8.27. The number of unbranched alkanes of at least 4 members (excludes halogenated alkanes) is 1. The summed E-state index contributed by atoms with van der Waals surface area (Å²) in [5.41, 5.74) is 2.99. The Hall–Kier alpha value is -3.65. The Bertz CT molecular complexity index is 1210. The van der Waals surface area contributed by atoms with E-state index in [4.69, 9.17) is 14.2 Å². The van der Waals surface area contributed by atoms with Crippen LogP contribution in [0, 0.1) is 0 Å². The number of carbonyl (C=O) groups excluding carboxylic acids is 2. The molecule has 0 spiro atoms. The van der Waals surface area contributed by atoms with Gasteiger partial charge >= 0.3 is 0 Å². The van der Waals surface area contributed by atoms with Crippen LogP contribution in [0.3, 0.4) is 0 Å². The number of benzene rings is 3. The Morgan fingerprint density at radius 1 is 1.06 bits per heavy atom. The number of thioether (sulfide) groups is 1. The monoisotopic (exact) mass is 490 g/mol. The number of fused-ring (bicyclic) bond motifs is 1. The van der Waals surface area contributed by atoms with Crippen molar-refractivity contribution < 1.29 is 23.8 Å². The number of hydrogen-bond donors (Lipinski definition) is 1. The summed E-state index contributed by atoms with van der Waals surface area (Å²) in [4.78, 5) is 27.1. The number of carbonyl (C=O) groups is 2. The molecule has 5 rings (SSSR count). The molecule has 2 aliphatic heterocycles. The van der Waals surface area contributed by atoms with E-state index in [-0.39, 0.29) is 24.0 Å². The molecular weight excluding hydrogens is 464 g/mol. The molecule has 180 valence electrons. The van der Waals surface area contributed by atoms with Gasteiger partial charge in [0.15, 0.2) is 11.5 Å². The number of amides is 2. The molecule has 1 fully saturated rings. The van der Waals surface area contributed by atoms with E-state index in [0.717, 1.165) is 29.8 Å². The average molecular weight is 491 g/mol. The van der Waals surface area contributed by atoms with Crippen molar-refractivity contribution in [1.82, 2.24) is 0 Å². The van der Waals surface area contributed by atoms with E-state index in [1.165, 1.54) is 0 Å². The third kappa shape index (κ3) is 5.07. The van der Waals surface area contributed by atoms with E-state index < -0.39 is 0 Å². The molecule has 7 nitrogen and oxygen atoms in total. The first-order valence-electron chi connectivity index (χ1n) is 11.6. The molecule has 2 heterocycles. The molecule has 2 aliphatic rings. The zero-order valence-electron chi connectivity index (χ0n) is 19.4. The van der Waals surface area contributed by atoms with E-state index in [0.29, 0.717) is 35.1 Å². The van der Waals surface area contributed by atoms with Gasteiger partial charge in [-0.2, -0.15) is 0 Å². The number of anilines is 2. The van der Waals surface area contributed by atoms with Crippen LogP contribution in [0.2, 0.25) is 0 Å². The molecule has 0 aromatic heterocycles. The van der Waals surface area contributed by atoms with Crippen LogP contribution < -0.4 is 24.4 Å². The summed E-state index contributed by atoms with van der Waals surface area (Å²) in [5.74, 6) is 2.34. The van der Waals surface area contributed by atoms with Gasteiger partial charge in [-0.05, 0) is 60.5 Å². The SMILES string of the molecule is CCCCOc1ccc(C(=O)Nc2ccc(C3SCC(=O)N3c3ccc4c(c3)OCO4)cc2)cc1. The summed E-state index contributed by atoms with van der Waals surface area (Å²) in [6.07, 6.45) is 2.08. The normalized spacial score (nSPS) is 16.4. The molecule has 1 atom stereocenters. The van der Waals surface area contributed by atoms with Gasteiger partial charge in [0, 0.05) is 23.0 Å². The van der Waals surface area contributed by atoms with Crippen molar-refractivity contribution in [2.24, 2.45) is 0 Å². The second kappa shape index (κ2) is 10.3. The maximum absolute atomic E-state index is 12.7. The third-order valence-electron chi connectivity index (χ3n) is 5.84. The Morgan fingerprint density at radius 3 is 2.60 bits per heavy atom. The Morgan fingerprint density at radius 2 is 1.83 bits per heavy atom. The van der Waals surface area contributed by atoms with Crippen molar-refractivity contribution in [3.63, 3.8) is 0 Å². The predicted molar refractivity (Wildman–Crippen MR) is 136 cm³/mol. The smallest absolute Gasteiger partial charge is 0.255 e. The van der Waals surface area contributed by atoms with Crippen LogP contribution in [0.5, 0.6) is 17.2 Å². The van der Waals surface area contributed by atoms with Gasteiger partial charge in [0.25, 0.3) is 5.91 Å². The molecule has 1 saturated heterocycles. The molecule has 3 aromatic carbocycles. The van der Waals surface area contributed by atoms with Crippen molar-refractivity contribution >= 4 is 35.0 Å². The highest BCUT2D eigenvalue weighted by Gasteiger charge is 2.34. The van der Waals surface area contributed by atoms with Crippen molar-refractivity contribution in [1.29, 1.82) is 0 Å². The minimum Gasteiger partial charge on any atom is -0.494 e. The number of ether oxygens (including phenoxy) is 3. The van der Waals surface area contributed by atoms with Crippen LogP contribution in [-0.4, -0.2) is 31.0 Å². The number of nitrogens with zero attached hydrogens (tertiary/aromatic N) is 1. The van der Waals surface area contributed by atoms with Crippen LogP contribution in [0.15, 0.2) is 66.7 Å². The molecular formula is C27H26N2O5S. The first kappa shape index (κ1) is 23.1. The molecule has 8 heteroatoms. The minimum atomic E-state index is -0.190. The van der Waals surface area contributed by atoms with Crippen molar-refractivity contribution in [3.8, 4) is 17.2 Å². The minimum absolute atomic E-state index is 0.0402. The first-order chi connectivity index (χ1) is 17.1. The molecule has 0 saturated carbocycles. The lowest BCUT2D eigenvalue weighted by Gasteiger charge is -2.24. The van der Waals surface area contributed by atoms with Gasteiger partial charge in [-0.15, -0.1) is 11.8 Å². The number of nitrogens with one attached hydrogen (secondary N) is 1. The fourth-order valence-electron chi connectivity index (χ4n) is 3.96. The lowest BCUT2D eigenvalue weighted by Crippen LogP contribution is -2.27. The fourth-order valence-corrected chi connectivity index (χ4v) is 5.13. The summed E-state index contributed by atoms with van der Waals surface area (Å²) >= 11 is 1.57. The summed E-state index contributed by atoms with van der Waals surface area (Å²) < 4.78 is 16.5. The zero-order valence-corrected chi connectivity index (χ0v) is 20.2. The zero-order chi connectivity index (χ0) is 24.2. The van der Waals surface area contributed by atoms with Gasteiger partial charge in [-0.1, -0.05) is 25.5 Å². The van der Waals surface area contributed by atoms with Crippen LogP contribution in [-0.2, 0) is 4.79 Å². The summed E-state index contributed by atoms with van der Waals surface area (Å²) in [6, 6.07) is 20.3. The van der Waals surface area contributed by atoms with Gasteiger partial charge < -0.3 is 19.5 Å². The van der Waals surface area contributed by atoms with E-state index in [1.54, 1.807) is 28.8 Å². The van der Waals surface area contributed by atoms with Crippen LogP contribution in [0.1, 0.15) is 41.1 Å². The van der Waals surface area contributed by atoms with Crippen LogP contribution in [0.4, 0.5) is 11.4 Å². The number of rotatable bonds is 8. The quantitative estimate of drug-likeness (QED) is 0.413. The summed E-state index contributed by atoms with van der Waals surface area (Å²) in [5, 5.41) is 2.77. The molecule has 1 unspecified atom stereocenters.